The van der Waals surface area contributed by atoms with Gasteiger partial charge in [0, 0.05) is 25.6 Å². The number of urea groups is 1. The molecule has 0 spiro atoms. The minimum Gasteiger partial charge on any atom is -0.481 e. The number of carboxylic acid groups (broad SMARTS) is 1. The van der Waals surface area contributed by atoms with Crippen LogP contribution in [-0.4, -0.2) is 47.0 Å². The van der Waals surface area contributed by atoms with Crippen molar-refractivity contribution in [2.24, 2.45) is 5.73 Å². The van der Waals surface area contributed by atoms with Crippen LogP contribution in [0.25, 0.3) is 0 Å². The van der Waals surface area contributed by atoms with Crippen LogP contribution >= 0.6 is 0 Å². The highest BCUT2D eigenvalue weighted by Gasteiger charge is 2.26. The molecule has 1 aliphatic heterocycles. The Morgan fingerprint density at radius 1 is 1.28 bits per heavy atom. The fourth-order valence-electron chi connectivity index (χ4n) is 2.12. The molecule has 1 fully saturated rings. The standard InChI is InChI=1S/C11H19N3O4/c12-11(18)13-7-8-3-1-2-6-14(8)9(15)4-5-10(16)17/h8H,1-7H2,(H,16,17)(H3,12,13,18). The number of piperidine rings is 1. The van der Waals surface area contributed by atoms with Crippen molar-refractivity contribution in [2.45, 2.75) is 38.1 Å². The van der Waals surface area contributed by atoms with E-state index in [4.69, 9.17) is 10.8 Å². The smallest absolute Gasteiger partial charge is 0.312 e. The average molecular weight is 257 g/mol. The lowest BCUT2D eigenvalue weighted by Gasteiger charge is -2.35. The quantitative estimate of drug-likeness (QED) is 0.638. The number of nitrogens with one attached hydrogen (secondary N) is 1. The Morgan fingerprint density at radius 2 is 2.00 bits per heavy atom. The Kier molecular flexibility index (Phi) is 5.41. The van der Waals surface area contributed by atoms with Gasteiger partial charge in [-0.2, -0.15) is 0 Å². The van der Waals surface area contributed by atoms with Crippen LogP contribution in [0.2, 0.25) is 0 Å². The van der Waals surface area contributed by atoms with E-state index in [2.05, 4.69) is 5.32 Å². The predicted molar refractivity (Wildman–Crippen MR) is 63.8 cm³/mol. The van der Waals surface area contributed by atoms with Gasteiger partial charge >= 0.3 is 12.0 Å². The molecule has 102 valence electrons. The van der Waals surface area contributed by atoms with E-state index < -0.39 is 12.0 Å². The van der Waals surface area contributed by atoms with Crippen LogP contribution in [0.15, 0.2) is 0 Å². The lowest BCUT2D eigenvalue weighted by atomic mass is 10.0. The molecule has 1 saturated heterocycles. The molecular weight excluding hydrogens is 238 g/mol. The predicted octanol–water partition coefficient (Wildman–Crippen LogP) is -0.0994. The summed E-state index contributed by atoms with van der Waals surface area (Å²) < 4.78 is 0. The largest absolute Gasteiger partial charge is 0.481 e. The number of carbonyl (C=O) groups excluding carboxylic acids is 2. The second kappa shape index (κ2) is 6.83. The lowest BCUT2D eigenvalue weighted by molar-refractivity contribution is -0.142. The van der Waals surface area contributed by atoms with Crippen molar-refractivity contribution in [2.75, 3.05) is 13.1 Å². The minimum atomic E-state index is -0.979. The molecule has 7 heteroatoms. The van der Waals surface area contributed by atoms with Gasteiger partial charge in [0.15, 0.2) is 0 Å². The number of hydrogen-bond donors (Lipinski definition) is 3. The minimum absolute atomic E-state index is 0.00239. The van der Waals surface area contributed by atoms with E-state index in [0.29, 0.717) is 13.1 Å². The first-order valence-electron chi connectivity index (χ1n) is 6.05. The second-order valence-electron chi connectivity index (χ2n) is 4.38. The van der Waals surface area contributed by atoms with E-state index in [0.717, 1.165) is 19.3 Å². The first-order valence-corrected chi connectivity index (χ1v) is 6.05. The van der Waals surface area contributed by atoms with Gasteiger partial charge in [-0.1, -0.05) is 0 Å². The number of aliphatic carboxylic acids is 1. The average Bonchev–Trinajstić information content (AvgIpc) is 2.33. The van der Waals surface area contributed by atoms with Gasteiger partial charge in [-0.3, -0.25) is 9.59 Å². The van der Waals surface area contributed by atoms with Crippen LogP contribution in [0.1, 0.15) is 32.1 Å². The summed E-state index contributed by atoms with van der Waals surface area (Å²) in [4.78, 5) is 34.6. The molecule has 0 aromatic heterocycles. The number of carbonyl (C=O) groups is 3. The molecular formula is C11H19N3O4. The normalized spacial score (nSPS) is 19.3. The number of likely N-dealkylation sites (tertiary alicyclic amines) is 1. The molecule has 7 nitrogen and oxygen atoms in total. The Labute approximate surface area is 105 Å². The van der Waals surface area contributed by atoms with Crippen molar-refractivity contribution in [3.8, 4) is 0 Å². The SMILES string of the molecule is NC(=O)NCC1CCCCN1C(=O)CCC(=O)O. The summed E-state index contributed by atoms with van der Waals surface area (Å²) in [6, 6.07) is -0.689. The maximum atomic E-state index is 11.9. The zero-order chi connectivity index (χ0) is 13.5. The van der Waals surface area contributed by atoms with E-state index in [1.807, 2.05) is 0 Å². The van der Waals surface area contributed by atoms with E-state index in [1.54, 1.807) is 4.90 Å². The van der Waals surface area contributed by atoms with Crippen LogP contribution in [0.3, 0.4) is 0 Å². The fraction of sp³-hybridized carbons (Fsp3) is 0.727. The van der Waals surface area contributed by atoms with Crippen molar-refractivity contribution in [1.29, 1.82) is 0 Å². The van der Waals surface area contributed by atoms with Crippen LogP contribution in [-0.2, 0) is 9.59 Å². The number of carboxylic acids is 1. The van der Waals surface area contributed by atoms with E-state index in [9.17, 15) is 14.4 Å². The summed E-state index contributed by atoms with van der Waals surface area (Å²) >= 11 is 0. The van der Waals surface area contributed by atoms with E-state index >= 15 is 0 Å². The number of amides is 3. The second-order valence-corrected chi connectivity index (χ2v) is 4.38. The van der Waals surface area contributed by atoms with Crippen molar-refractivity contribution in [3.05, 3.63) is 0 Å². The molecule has 1 aliphatic rings. The van der Waals surface area contributed by atoms with Crippen LogP contribution in [0.4, 0.5) is 4.79 Å². The van der Waals surface area contributed by atoms with Gasteiger partial charge in [0.1, 0.15) is 0 Å². The Bertz CT molecular complexity index is 332. The number of rotatable bonds is 5. The molecule has 1 rings (SSSR count). The monoisotopic (exact) mass is 257 g/mol. The highest BCUT2D eigenvalue weighted by molar-refractivity contribution is 5.81. The summed E-state index contributed by atoms with van der Waals surface area (Å²) in [5.41, 5.74) is 5.00. The lowest BCUT2D eigenvalue weighted by Crippen LogP contribution is -2.50. The van der Waals surface area contributed by atoms with Gasteiger partial charge in [0.05, 0.1) is 6.42 Å². The Balaban J connectivity index is 2.49. The maximum absolute atomic E-state index is 11.9. The summed E-state index contributed by atoms with van der Waals surface area (Å²) in [5, 5.41) is 11.1. The van der Waals surface area contributed by atoms with Gasteiger partial charge in [0.25, 0.3) is 0 Å². The number of hydrogen-bond acceptors (Lipinski definition) is 3. The summed E-state index contributed by atoms with van der Waals surface area (Å²) in [6.45, 7) is 0.942. The molecule has 18 heavy (non-hydrogen) atoms. The molecule has 0 aromatic rings. The summed E-state index contributed by atoms with van der Waals surface area (Å²) in [5.74, 6) is -1.15. The van der Waals surface area contributed by atoms with Gasteiger partial charge in [0.2, 0.25) is 5.91 Å². The van der Waals surface area contributed by atoms with Gasteiger partial charge in [-0.25, -0.2) is 4.79 Å². The van der Waals surface area contributed by atoms with Gasteiger partial charge in [-0.15, -0.1) is 0 Å². The molecule has 1 unspecified atom stereocenters. The van der Waals surface area contributed by atoms with Crippen LogP contribution < -0.4 is 11.1 Å². The van der Waals surface area contributed by atoms with Crippen molar-refractivity contribution in [1.82, 2.24) is 10.2 Å². The van der Waals surface area contributed by atoms with Gasteiger partial charge < -0.3 is 21.1 Å². The third-order valence-corrected chi connectivity index (χ3v) is 3.01. The molecule has 1 atom stereocenters. The van der Waals surface area contributed by atoms with E-state index in [1.165, 1.54) is 0 Å². The number of nitrogens with zero attached hydrogens (tertiary/aromatic N) is 1. The molecule has 0 aliphatic carbocycles. The first-order chi connectivity index (χ1) is 8.50. The zero-order valence-electron chi connectivity index (χ0n) is 10.2. The Hall–Kier alpha value is -1.79. The summed E-state index contributed by atoms with van der Waals surface area (Å²) in [6.07, 6.45) is 2.55. The molecule has 0 saturated carbocycles. The molecule has 0 aromatic carbocycles. The molecule has 0 bridgehead atoms. The maximum Gasteiger partial charge on any atom is 0.312 e. The zero-order valence-corrected chi connectivity index (χ0v) is 10.2. The van der Waals surface area contributed by atoms with Crippen LogP contribution in [0.5, 0.6) is 0 Å². The Morgan fingerprint density at radius 3 is 2.61 bits per heavy atom. The van der Waals surface area contributed by atoms with Gasteiger partial charge in [-0.05, 0) is 19.3 Å². The molecule has 0 radical (unpaired) electrons. The highest BCUT2D eigenvalue weighted by atomic mass is 16.4. The van der Waals surface area contributed by atoms with Crippen molar-refractivity contribution < 1.29 is 19.5 Å². The van der Waals surface area contributed by atoms with Crippen LogP contribution in [0, 0.1) is 0 Å². The fourth-order valence-corrected chi connectivity index (χ4v) is 2.12. The third kappa shape index (κ3) is 4.60. The van der Waals surface area contributed by atoms with E-state index in [-0.39, 0.29) is 24.8 Å². The third-order valence-electron chi connectivity index (χ3n) is 3.01. The number of primary amides is 1. The molecule has 1 heterocycles. The highest BCUT2D eigenvalue weighted by Crippen LogP contribution is 2.17. The number of nitrogens with two attached hydrogens (primary N) is 1. The molecule has 3 amide bonds. The topological polar surface area (TPSA) is 113 Å². The van der Waals surface area contributed by atoms with Crippen molar-refractivity contribution in [3.63, 3.8) is 0 Å². The van der Waals surface area contributed by atoms with Crippen molar-refractivity contribution >= 4 is 17.9 Å². The molecule has 4 N–H and O–H groups in total. The summed E-state index contributed by atoms with van der Waals surface area (Å²) in [7, 11) is 0. The first kappa shape index (κ1) is 14.3.